The molecule has 3 nitrogen and oxygen atoms in total. The van der Waals surface area contributed by atoms with Gasteiger partial charge in [-0.1, -0.05) is 13.8 Å². The highest BCUT2D eigenvalue weighted by molar-refractivity contribution is 5.82. The molecule has 0 spiro atoms. The van der Waals surface area contributed by atoms with E-state index >= 15 is 0 Å². The first-order chi connectivity index (χ1) is 8.13. The van der Waals surface area contributed by atoms with Gasteiger partial charge in [-0.15, -0.1) is 0 Å². The molecule has 0 saturated heterocycles. The molecule has 18 heavy (non-hydrogen) atoms. The molecule has 106 valence electrons. The third-order valence-corrected chi connectivity index (χ3v) is 3.43. The van der Waals surface area contributed by atoms with E-state index in [1.165, 1.54) is 0 Å². The van der Waals surface area contributed by atoms with Crippen LogP contribution in [0.1, 0.15) is 33.6 Å². The Hall–Kier alpha value is -0.780. The van der Waals surface area contributed by atoms with Crippen LogP contribution in [0, 0.1) is 11.8 Å². The van der Waals surface area contributed by atoms with Gasteiger partial charge in [-0.2, -0.15) is 13.2 Å². The fourth-order valence-electron chi connectivity index (χ4n) is 1.93. The van der Waals surface area contributed by atoms with Gasteiger partial charge in [-0.3, -0.25) is 4.79 Å². The molecule has 0 radical (unpaired) electrons. The number of rotatable bonds is 5. The molecule has 2 atom stereocenters. The minimum Gasteiger partial charge on any atom is -0.329 e. The quantitative estimate of drug-likeness (QED) is 0.829. The number of alkyl halides is 3. The van der Waals surface area contributed by atoms with E-state index in [0.717, 1.165) is 17.7 Å². The van der Waals surface area contributed by atoms with E-state index in [1.54, 1.807) is 20.8 Å². The number of nitrogens with zero attached hydrogens (tertiary/aromatic N) is 1. The Morgan fingerprint density at radius 2 is 1.83 bits per heavy atom. The van der Waals surface area contributed by atoms with E-state index in [1.807, 2.05) is 0 Å². The van der Waals surface area contributed by atoms with Crippen molar-refractivity contribution in [2.24, 2.45) is 17.6 Å². The zero-order valence-corrected chi connectivity index (χ0v) is 11.0. The van der Waals surface area contributed by atoms with E-state index in [9.17, 15) is 18.0 Å². The highest BCUT2D eigenvalue weighted by Gasteiger charge is 2.41. The van der Waals surface area contributed by atoms with E-state index in [0.29, 0.717) is 0 Å². The zero-order chi connectivity index (χ0) is 14.1. The molecule has 0 aliphatic heterocycles. The molecular formula is C12H21F3N2O. The summed E-state index contributed by atoms with van der Waals surface area (Å²) in [4.78, 5) is 12.9. The Kier molecular flexibility index (Phi) is 4.64. The van der Waals surface area contributed by atoms with Gasteiger partial charge in [0, 0.05) is 6.04 Å². The maximum atomic E-state index is 12.5. The van der Waals surface area contributed by atoms with Crippen LogP contribution >= 0.6 is 0 Å². The average Bonchev–Trinajstić information content (AvgIpc) is 3.05. The monoisotopic (exact) mass is 266 g/mol. The molecule has 0 aromatic rings. The Balaban J connectivity index is 2.79. The molecule has 1 aliphatic rings. The lowest BCUT2D eigenvalue weighted by atomic mass is 10.0. The van der Waals surface area contributed by atoms with Gasteiger partial charge in [0.2, 0.25) is 5.91 Å². The van der Waals surface area contributed by atoms with Crippen LogP contribution in [0.5, 0.6) is 0 Å². The first kappa shape index (κ1) is 15.3. The van der Waals surface area contributed by atoms with Crippen molar-refractivity contribution in [3.05, 3.63) is 0 Å². The maximum absolute atomic E-state index is 12.5. The average molecular weight is 266 g/mol. The summed E-state index contributed by atoms with van der Waals surface area (Å²) < 4.78 is 37.6. The topological polar surface area (TPSA) is 46.3 Å². The Morgan fingerprint density at radius 1 is 1.33 bits per heavy atom. The first-order valence-electron chi connectivity index (χ1n) is 6.26. The molecule has 1 aliphatic carbocycles. The van der Waals surface area contributed by atoms with Crippen LogP contribution in [0.25, 0.3) is 0 Å². The predicted molar refractivity (Wildman–Crippen MR) is 62.8 cm³/mol. The minimum atomic E-state index is -4.38. The van der Waals surface area contributed by atoms with Gasteiger partial charge in [0.15, 0.2) is 0 Å². The number of carbonyl (C=O) groups excluding carboxylic acids is 1. The predicted octanol–water partition coefficient (Wildman–Crippen LogP) is 2.16. The molecule has 1 saturated carbocycles. The molecule has 0 aromatic carbocycles. The summed E-state index contributed by atoms with van der Waals surface area (Å²) >= 11 is 0. The number of nitrogens with two attached hydrogens (primary N) is 1. The lowest BCUT2D eigenvalue weighted by Crippen LogP contribution is -2.53. The summed E-state index contributed by atoms with van der Waals surface area (Å²) in [6, 6.07) is -1.25. The summed E-state index contributed by atoms with van der Waals surface area (Å²) in [5.74, 6) is -0.572. The normalized spacial score (nSPS) is 19.8. The lowest BCUT2D eigenvalue weighted by molar-refractivity contribution is -0.167. The minimum absolute atomic E-state index is 0.167. The first-order valence-corrected chi connectivity index (χ1v) is 6.26. The molecule has 1 unspecified atom stereocenters. The smallest absolute Gasteiger partial charge is 0.329 e. The maximum Gasteiger partial charge on any atom is 0.406 e. The van der Waals surface area contributed by atoms with Crippen molar-refractivity contribution in [1.29, 1.82) is 0 Å². The largest absolute Gasteiger partial charge is 0.406 e. The third-order valence-electron chi connectivity index (χ3n) is 3.43. The summed E-state index contributed by atoms with van der Waals surface area (Å²) in [5, 5.41) is 0. The number of hydrogen-bond donors (Lipinski definition) is 1. The van der Waals surface area contributed by atoms with E-state index in [4.69, 9.17) is 5.73 Å². The van der Waals surface area contributed by atoms with E-state index in [-0.39, 0.29) is 17.9 Å². The SMILES string of the molecule is CC(C)[C@@H](N)C(=O)N(CC(F)(F)F)C(C)C1CC1. The van der Waals surface area contributed by atoms with Crippen molar-refractivity contribution in [2.45, 2.75) is 51.9 Å². The molecule has 1 amide bonds. The number of hydrogen-bond acceptors (Lipinski definition) is 2. The fraction of sp³-hybridized carbons (Fsp3) is 0.917. The van der Waals surface area contributed by atoms with Crippen molar-refractivity contribution in [1.82, 2.24) is 4.90 Å². The molecule has 0 bridgehead atoms. The van der Waals surface area contributed by atoms with Crippen molar-refractivity contribution >= 4 is 5.91 Å². The van der Waals surface area contributed by atoms with Crippen molar-refractivity contribution < 1.29 is 18.0 Å². The molecule has 6 heteroatoms. The van der Waals surface area contributed by atoms with Crippen LogP contribution in [0.15, 0.2) is 0 Å². The number of amides is 1. The third kappa shape index (κ3) is 4.15. The molecule has 2 N–H and O–H groups in total. The van der Waals surface area contributed by atoms with Crippen molar-refractivity contribution in [3.63, 3.8) is 0 Å². The lowest BCUT2D eigenvalue weighted by Gasteiger charge is -2.33. The van der Waals surface area contributed by atoms with Gasteiger partial charge in [0.25, 0.3) is 0 Å². The molecule has 1 fully saturated rings. The van der Waals surface area contributed by atoms with E-state index in [2.05, 4.69) is 0 Å². The van der Waals surface area contributed by atoms with E-state index < -0.39 is 24.7 Å². The van der Waals surface area contributed by atoms with Crippen LogP contribution in [0.2, 0.25) is 0 Å². The van der Waals surface area contributed by atoms with Crippen LogP contribution in [-0.2, 0) is 4.79 Å². The summed E-state index contributed by atoms with van der Waals surface area (Å²) in [5.41, 5.74) is 5.68. The summed E-state index contributed by atoms with van der Waals surface area (Å²) in [6.45, 7) is 3.94. The van der Waals surface area contributed by atoms with Gasteiger partial charge in [-0.05, 0) is 31.6 Å². The molecule has 0 heterocycles. The van der Waals surface area contributed by atoms with Crippen molar-refractivity contribution in [3.8, 4) is 0 Å². The molecule has 0 aromatic heterocycles. The molecule has 1 rings (SSSR count). The van der Waals surface area contributed by atoms with Gasteiger partial charge in [0.1, 0.15) is 6.54 Å². The second kappa shape index (κ2) is 5.47. The standard InChI is InChI=1S/C12H21F3N2O/c1-7(2)10(16)11(18)17(6-12(13,14)15)8(3)9-4-5-9/h7-10H,4-6,16H2,1-3H3/t8?,10-/m1/s1. The molecular weight excluding hydrogens is 245 g/mol. The second-order valence-electron chi connectivity index (χ2n) is 5.43. The zero-order valence-electron chi connectivity index (χ0n) is 11.0. The highest BCUT2D eigenvalue weighted by Crippen LogP contribution is 2.36. The van der Waals surface area contributed by atoms with Crippen molar-refractivity contribution in [2.75, 3.05) is 6.54 Å². The van der Waals surface area contributed by atoms with Gasteiger partial charge < -0.3 is 10.6 Å². The van der Waals surface area contributed by atoms with Gasteiger partial charge in [-0.25, -0.2) is 0 Å². The van der Waals surface area contributed by atoms with Crippen LogP contribution < -0.4 is 5.73 Å². The van der Waals surface area contributed by atoms with Gasteiger partial charge >= 0.3 is 6.18 Å². The Labute approximate surface area is 106 Å². The fourth-order valence-corrected chi connectivity index (χ4v) is 1.93. The number of halogens is 3. The second-order valence-corrected chi connectivity index (χ2v) is 5.43. The Bertz CT molecular complexity index is 300. The van der Waals surface area contributed by atoms with Crippen LogP contribution in [0.4, 0.5) is 13.2 Å². The summed E-state index contributed by atoms with van der Waals surface area (Å²) in [6.07, 6.45) is -2.60. The number of carbonyl (C=O) groups is 1. The highest BCUT2D eigenvalue weighted by atomic mass is 19.4. The van der Waals surface area contributed by atoms with Gasteiger partial charge in [0.05, 0.1) is 6.04 Å². The Morgan fingerprint density at radius 3 is 2.17 bits per heavy atom. The van der Waals surface area contributed by atoms with Crippen LogP contribution in [0.3, 0.4) is 0 Å². The van der Waals surface area contributed by atoms with Crippen LogP contribution in [-0.4, -0.2) is 35.6 Å². The summed E-state index contributed by atoms with van der Waals surface area (Å²) in [7, 11) is 0.